The zero-order valence-electron chi connectivity index (χ0n) is 12.0. The van der Waals surface area contributed by atoms with E-state index in [-0.39, 0.29) is 0 Å². The van der Waals surface area contributed by atoms with Crippen molar-refractivity contribution in [1.29, 1.82) is 0 Å². The van der Waals surface area contributed by atoms with Gasteiger partial charge in [-0.2, -0.15) is 0 Å². The monoisotopic (exact) mass is 316 g/mol. The quantitative estimate of drug-likeness (QED) is 0.710. The fraction of sp³-hybridized carbons (Fsp3) is 0.125. The van der Waals surface area contributed by atoms with Crippen LogP contribution in [-0.4, -0.2) is 20.1 Å². The molecule has 0 aliphatic heterocycles. The van der Waals surface area contributed by atoms with Gasteiger partial charge in [-0.25, -0.2) is 13.1 Å². The molecule has 5 nitrogen and oxygen atoms in total. The van der Waals surface area contributed by atoms with Crippen molar-refractivity contribution >= 4 is 21.8 Å². The van der Waals surface area contributed by atoms with Gasteiger partial charge in [-0.3, -0.25) is 0 Å². The van der Waals surface area contributed by atoms with Crippen molar-refractivity contribution in [1.82, 2.24) is 9.29 Å². The summed E-state index contributed by atoms with van der Waals surface area (Å²) in [6, 6.07) is 15.8. The number of methoxy groups -OCH3 is 1. The number of nitrogens with one attached hydrogen (secondary N) is 1. The fourth-order valence-electron chi connectivity index (χ4n) is 2.40. The lowest BCUT2D eigenvalue weighted by Crippen LogP contribution is -2.10. The number of rotatable bonds is 5. The Morgan fingerprint density at radius 3 is 2.55 bits per heavy atom. The van der Waals surface area contributed by atoms with Crippen LogP contribution >= 0.6 is 0 Å². The molecule has 3 aromatic rings. The van der Waals surface area contributed by atoms with E-state index in [4.69, 9.17) is 4.74 Å². The lowest BCUT2D eigenvalue weighted by Gasteiger charge is -2.07. The number of benzene rings is 2. The molecule has 2 aromatic carbocycles. The van der Waals surface area contributed by atoms with Gasteiger partial charge in [-0.1, -0.05) is 12.1 Å². The normalized spacial score (nSPS) is 11.2. The predicted octanol–water partition coefficient (Wildman–Crippen LogP) is 2.26. The molecule has 3 rings (SSSR count). The number of hydrogen-bond acceptors (Lipinski definition) is 3. The average Bonchev–Trinajstić information content (AvgIpc) is 2.96. The molecule has 0 saturated heterocycles. The van der Waals surface area contributed by atoms with E-state index in [9.17, 15) is 8.42 Å². The van der Waals surface area contributed by atoms with Crippen LogP contribution in [0, 0.1) is 0 Å². The molecule has 0 spiro atoms. The van der Waals surface area contributed by atoms with Crippen LogP contribution in [0.3, 0.4) is 0 Å². The van der Waals surface area contributed by atoms with Gasteiger partial charge in [0.05, 0.1) is 12.6 Å². The minimum Gasteiger partial charge on any atom is -0.497 e. The van der Waals surface area contributed by atoms with E-state index in [2.05, 4.69) is 9.29 Å². The zero-order chi connectivity index (χ0) is 15.5. The highest BCUT2D eigenvalue weighted by molar-refractivity contribution is 7.70. The lowest BCUT2D eigenvalue weighted by atomic mass is 10.2. The van der Waals surface area contributed by atoms with Gasteiger partial charge in [0.2, 0.25) is 10.9 Å². The second kappa shape index (κ2) is 6.21. The largest absolute Gasteiger partial charge is 0.497 e. The number of aromatic nitrogens is 1. The highest BCUT2D eigenvalue weighted by atomic mass is 32.2. The molecule has 0 bridgehead atoms. The maximum absolute atomic E-state index is 10.5. The SMILES string of the molecule is COc1ccc2c(ccn2-c2ccc(CN[SH](=O)=O)cc2)c1. The van der Waals surface area contributed by atoms with Gasteiger partial charge in [0.1, 0.15) is 5.75 Å². The summed E-state index contributed by atoms with van der Waals surface area (Å²) in [6.45, 7) is 0.308. The van der Waals surface area contributed by atoms with Gasteiger partial charge in [0, 0.05) is 23.8 Å². The summed E-state index contributed by atoms with van der Waals surface area (Å²) in [6.07, 6.45) is 2.01. The van der Waals surface area contributed by atoms with Crippen molar-refractivity contribution in [2.45, 2.75) is 6.54 Å². The first-order chi connectivity index (χ1) is 10.7. The van der Waals surface area contributed by atoms with Crippen molar-refractivity contribution in [3.63, 3.8) is 0 Å². The first-order valence-corrected chi connectivity index (χ1v) is 7.97. The van der Waals surface area contributed by atoms with Crippen molar-refractivity contribution in [2.24, 2.45) is 0 Å². The standard InChI is InChI=1S/C16H16N2O3S/c1-21-15-6-7-16-13(10-15)8-9-18(16)14-4-2-12(3-5-14)11-17-22(19)20/h2-10,22H,11H2,1H3,(H,17,19,20). The van der Waals surface area contributed by atoms with Crippen LogP contribution in [0.1, 0.15) is 5.56 Å². The highest BCUT2D eigenvalue weighted by Gasteiger charge is 2.04. The minimum absolute atomic E-state index is 0.308. The fourth-order valence-corrected chi connectivity index (χ4v) is 2.71. The molecule has 1 aromatic heterocycles. The van der Waals surface area contributed by atoms with Crippen LogP contribution in [0.2, 0.25) is 0 Å². The Morgan fingerprint density at radius 1 is 1.09 bits per heavy atom. The second-order valence-corrected chi connectivity index (χ2v) is 5.70. The molecule has 1 heterocycles. The molecular weight excluding hydrogens is 300 g/mol. The predicted molar refractivity (Wildman–Crippen MR) is 87.0 cm³/mol. The van der Waals surface area contributed by atoms with Gasteiger partial charge < -0.3 is 9.30 Å². The van der Waals surface area contributed by atoms with Gasteiger partial charge in [-0.15, -0.1) is 0 Å². The molecule has 22 heavy (non-hydrogen) atoms. The molecule has 0 amide bonds. The van der Waals surface area contributed by atoms with Gasteiger partial charge >= 0.3 is 0 Å². The summed E-state index contributed by atoms with van der Waals surface area (Å²) < 4.78 is 30.8. The van der Waals surface area contributed by atoms with Crippen LogP contribution in [0.25, 0.3) is 16.6 Å². The van der Waals surface area contributed by atoms with Gasteiger partial charge in [0.15, 0.2) is 0 Å². The van der Waals surface area contributed by atoms with Gasteiger partial charge in [-0.05, 0) is 42.0 Å². The smallest absolute Gasteiger partial charge is 0.201 e. The molecule has 0 atom stereocenters. The van der Waals surface area contributed by atoms with Crippen LogP contribution in [0.5, 0.6) is 5.75 Å². The number of hydrogen-bond donors (Lipinski definition) is 2. The van der Waals surface area contributed by atoms with E-state index < -0.39 is 10.9 Å². The second-order valence-electron chi connectivity index (χ2n) is 4.87. The maximum Gasteiger partial charge on any atom is 0.201 e. The van der Waals surface area contributed by atoms with Crippen LogP contribution in [-0.2, 0) is 17.4 Å². The lowest BCUT2D eigenvalue weighted by molar-refractivity contribution is 0.415. The Bertz CT molecular complexity index is 859. The number of fused-ring (bicyclic) bond motifs is 1. The van der Waals surface area contributed by atoms with Crippen molar-refractivity contribution in [3.05, 3.63) is 60.3 Å². The van der Waals surface area contributed by atoms with E-state index in [1.54, 1.807) is 7.11 Å². The van der Waals surface area contributed by atoms with Crippen LogP contribution in [0.4, 0.5) is 0 Å². The van der Waals surface area contributed by atoms with Crippen molar-refractivity contribution in [2.75, 3.05) is 7.11 Å². The molecule has 0 fully saturated rings. The molecule has 0 saturated carbocycles. The number of ether oxygens (including phenoxy) is 1. The summed E-state index contributed by atoms with van der Waals surface area (Å²) in [5.74, 6) is 0.832. The van der Waals surface area contributed by atoms with Gasteiger partial charge in [0.25, 0.3) is 0 Å². The third-order valence-corrected chi connectivity index (χ3v) is 3.94. The van der Waals surface area contributed by atoms with E-state index in [0.717, 1.165) is 27.9 Å². The Balaban J connectivity index is 1.90. The average molecular weight is 316 g/mol. The topological polar surface area (TPSA) is 60.3 Å². The summed E-state index contributed by atoms with van der Waals surface area (Å²) >= 11 is 0. The van der Waals surface area contributed by atoms with E-state index in [1.807, 2.05) is 54.7 Å². The molecule has 0 unspecified atom stereocenters. The molecule has 0 aliphatic carbocycles. The summed E-state index contributed by atoms with van der Waals surface area (Å²) in [4.78, 5) is 0. The molecule has 1 N–H and O–H groups in total. The Kier molecular flexibility index (Phi) is 4.13. The Hall–Kier alpha value is -2.31. The minimum atomic E-state index is -2.56. The summed E-state index contributed by atoms with van der Waals surface area (Å²) in [5.41, 5.74) is 3.03. The summed E-state index contributed by atoms with van der Waals surface area (Å²) in [5, 5.41) is 1.11. The summed E-state index contributed by atoms with van der Waals surface area (Å²) in [7, 11) is -0.910. The third kappa shape index (κ3) is 2.98. The molecule has 0 aliphatic rings. The Morgan fingerprint density at radius 2 is 1.86 bits per heavy atom. The van der Waals surface area contributed by atoms with Crippen molar-refractivity contribution < 1.29 is 13.2 Å². The molecule has 0 radical (unpaired) electrons. The molecule has 6 heteroatoms. The first-order valence-electron chi connectivity index (χ1n) is 6.80. The highest BCUT2D eigenvalue weighted by Crippen LogP contribution is 2.24. The number of thiol groups is 1. The molecule has 114 valence electrons. The van der Waals surface area contributed by atoms with Crippen LogP contribution < -0.4 is 9.46 Å². The third-order valence-electron chi connectivity index (χ3n) is 3.52. The first kappa shape index (κ1) is 14.6. The van der Waals surface area contributed by atoms with E-state index in [1.165, 1.54) is 0 Å². The van der Waals surface area contributed by atoms with E-state index in [0.29, 0.717) is 6.54 Å². The Labute approximate surface area is 130 Å². The van der Waals surface area contributed by atoms with Crippen LogP contribution in [0.15, 0.2) is 54.7 Å². The number of nitrogens with zero attached hydrogens (tertiary/aromatic N) is 1. The molecular formula is C16H16N2O3S. The zero-order valence-corrected chi connectivity index (χ0v) is 12.9. The van der Waals surface area contributed by atoms with E-state index >= 15 is 0 Å². The van der Waals surface area contributed by atoms with Crippen molar-refractivity contribution in [3.8, 4) is 11.4 Å². The maximum atomic E-state index is 10.5.